The van der Waals surface area contributed by atoms with Gasteiger partial charge in [0, 0.05) is 45.5 Å². The van der Waals surface area contributed by atoms with Gasteiger partial charge < -0.3 is 15.0 Å². The van der Waals surface area contributed by atoms with Crippen LogP contribution in [0, 0.1) is 25.5 Å². The van der Waals surface area contributed by atoms with Crippen molar-refractivity contribution < 1.29 is 18.3 Å². The van der Waals surface area contributed by atoms with E-state index in [0.717, 1.165) is 38.3 Å². The van der Waals surface area contributed by atoms with Crippen LogP contribution in [-0.4, -0.2) is 71.4 Å². The number of halogens is 2. The molecule has 7 nitrogen and oxygen atoms in total. The summed E-state index contributed by atoms with van der Waals surface area (Å²) in [7, 11) is 2.11. The third-order valence-corrected chi connectivity index (χ3v) is 5.96. The van der Waals surface area contributed by atoms with E-state index in [4.69, 9.17) is 4.74 Å². The number of carbonyl (C=O) groups excluding carboxylic acids is 1. The zero-order chi connectivity index (χ0) is 23.5. The number of benzene rings is 1. The topological polar surface area (TPSA) is 62.1 Å². The second-order valence-corrected chi connectivity index (χ2v) is 8.51. The van der Waals surface area contributed by atoms with Crippen molar-refractivity contribution in [3.8, 4) is 5.75 Å². The molecule has 9 heteroatoms. The summed E-state index contributed by atoms with van der Waals surface area (Å²) in [6, 6.07) is 5.44. The normalized spacial score (nSPS) is 15.2. The molecule has 2 aromatic heterocycles. The summed E-state index contributed by atoms with van der Waals surface area (Å²) in [4.78, 5) is 22.1. The van der Waals surface area contributed by atoms with E-state index in [0.29, 0.717) is 29.3 Å². The number of nitrogens with zero attached hydrogens (tertiary/aromatic N) is 4. The quantitative estimate of drug-likeness (QED) is 0.591. The molecule has 1 saturated heterocycles. The maximum Gasteiger partial charge on any atom is 0.270 e. The zero-order valence-electron chi connectivity index (χ0n) is 19.2. The molecule has 0 atom stereocenters. The monoisotopic (exact) mass is 457 g/mol. The average molecular weight is 458 g/mol. The maximum absolute atomic E-state index is 14.0. The van der Waals surface area contributed by atoms with Gasteiger partial charge in [-0.15, -0.1) is 0 Å². The van der Waals surface area contributed by atoms with Crippen molar-refractivity contribution in [1.82, 2.24) is 24.5 Å². The number of aromatic nitrogens is 2. The molecule has 3 heterocycles. The largest absolute Gasteiger partial charge is 0.485 e. The van der Waals surface area contributed by atoms with Crippen LogP contribution in [0.3, 0.4) is 0 Å². The molecule has 0 saturated carbocycles. The number of nitrogens with one attached hydrogen (secondary N) is 1. The number of ether oxygens (including phenoxy) is 1. The van der Waals surface area contributed by atoms with E-state index in [1.807, 2.05) is 6.92 Å². The van der Waals surface area contributed by atoms with Crippen LogP contribution in [0.5, 0.6) is 5.75 Å². The predicted molar refractivity (Wildman–Crippen MR) is 122 cm³/mol. The van der Waals surface area contributed by atoms with E-state index in [-0.39, 0.29) is 18.1 Å². The van der Waals surface area contributed by atoms with Crippen LogP contribution in [0.4, 0.5) is 8.78 Å². The van der Waals surface area contributed by atoms with Crippen molar-refractivity contribution >= 4 is 11.6 Å². The number of hydrogen-bond donors (Lipinski definition) is 1. The molecule has 1 amide bonds. The van der Waals surface area contributed by atoms with E-state index >= 15 is 0 Å². The van der Waals surface area contributed by atoms with Gasteiger partial charge in [0.05, 0.1) is 11.3 Å². The lowest BCUT2D eigenvalue weighted by atomic mass is 10.2. The Morgan fingerprint density at radius 2 is 1.85 bits per heavy atom. The van der Waals surface area contributed by atoms with Crippen LogP contribution in [0.15, 0.2) is 30.5 Å². The molecule has 4 rings (SSSR count). The Bertz CT molecular complexity index is 1140. The summed E-state index contributed by atoms with van der Waals surface area (Å²) in [5.74, 6) is -1.19. The molecule has 33 heavy (non-hydrogen) atoms. The highest BCUT2D eigenvalue weighted by atomic mass is 19.1. The molecule has 1 aromatic carbocycles. The Labute approximate surface area is 192 Å². The predicted octanol–water partition coefficient (Wildman–Crippen LogP) is 2.79. The van der Waals surface area contributed by atoms with Crippen LogP contribution >= 0.6 is 0 Å². The second kappa shape index (κ2) is 9.84. The van der Waals surface area contributed by atoms with Gasteiger partial charge in [-0.1, -0.05) is 6.07 Å². The van der Waals surface area contributed by atoms with E-state index in [1.54, 1.807) is 23.6 Å². The Morgan fingerprint density at radius 3 is 2.55 bits per heavy atom. The number of likely N-dealkylation sites (N-methyl/N-ethyl adjacent to an activating group) is 1. The third kappa shape index (κ3) is 5.15. The van der Waals surface area contributed by atoms with Gasteiger partial charge >= 0.3 is 0 Å². The number of amides is 1. The molecule has 0 aliphatic carbocycles. The second-order valence-electron chi connectivity index (χ2n) is 8.51. The van der Waals surface area contributed by atoms with Gasteiger partial charge in [0.25, 0.3) is 5.91 Å². The van der Waals surface area contributed by atoms with Crippen LogP contribution in [0.25, 0.3) is 5.65 Å². The van der Waals surface area contributed by atoms with Gasteiger partial charge in [-0.05, 0) is 44.7 Å². The van der Waals surface area contributed by atoms with Crippen molar-refractivity contribution in [2.75, 3.05) is 46.3 Å². The molecule has 1 aliphatic rings. The third-order valence-electron chi connectivity index (χ3n) is 5.96. The van der Waals surface area contributed by atoms with E-state index < -0.39 is 11.6 Å². The van der Waals surface area contributed by atoms with Crippen LogP contribution in [-0.2, 0) is 6.61 Å². The molecule has 1 aliphatic heterocycles. The fourth-order valence-electron chi connectivity index (χ4n) is 4.04. The standard InChI is InChI=1S/C24H29F2N5O2/c1-16-13-21(33-15-18-19(25)5-4-6-20(18)26)23-28-17(2)22(31(23)14-16)24(32)27-7-8-30-11-9-29(3)10-12-30/h4-6,13-14H,7-12,15H2,1-3H3,(H,27,32). The molecule has 0 radical (unpaired) electrons. The SMILES string of the molecule is Cc1cc(OCc2c(F)cccc2F)c2nc(C)c(C(=O)NCCN3CCN(C)CC3)n2c1. The number of fused-ring (bicyclic) bond motifs is 1. The summed E-state index contributed by atoms with van der Waals surface area (Å²) in [5.41, 5.74) is 2.09. The summed E-state index contributed by atoms with van der Waals surface area (Å²) in [6.07, 6.45) is 1.81. The van der Waals surface area contributed by atoms with Gasteiger partial charge in [0.15, 0.2) is 11.4 Å². The summed E-state index contributed by atoms with van der Waals surface area (Å²) < 4.78 is 35.4. The summed E-state index contributed by atoms with van der Waals surface area (Å²) >= 11 is 0. The van der Waals surface area contributed by atoms with Crippen molar-refractivity contribution in [2.24, 2.45) is 0 Å². The lowest BCUT2D eigenvalue weighted by Gasteiger charge is -2.32. The van der Waals surface area contributed by atoms with Gasteiger partial charge in [-0.3, -0.25) is 14.1 Å². The van der Waals surface area contributed by atoms with Crippen molar-refractivity contribution in [1.29, 1.82) is 0 Å². The number of carbonyl (C=O) groups is 1. The molecule has 176 valence electrons. The fraction of sp³-hybridized carbons (Fsp3) is 0.417. The highest BCUT2D eigenvalue weighted by Gasteiger charge is 2.21. The number of hydrogen-bond acceptors (Lipinski definition) is 5. The Kier molecular flexibility index (Phi) is 6.90. The van der Waals surface area contributed by atoms with Crippen LogP contribution in [0.2, 0.25) is 0 Å². The minimum atomic E-state index is -0.668. The molecule has 1 N–H and O–H groups in total. The van der Waals surface area contributed by atoms with Crippen molar-refractivity contribution in [3.05, 3.63) is 64.6 Å². The molecular weight excluding hydrogens is 428 g/mol. The minimum absolute atomic E-state index is 0.151. The molecule has 0 spiro atoms. The first-order valence-corrected chi connectivity index (χ1v) is 11.1. The number of imidazole rings is 1. The van der Waals surface area contributed by atoms with Gasteiger partial charge in [-0.2, -0.15) is 0 Å². The number of aryl methyl sites for hydroxylation is 2. The molecular formula is C24H29F2N5O2. The number of pyridine rings is 1. The van der Waals surface area contributed by atoms with Crippen molar-refractivity contribution in [3.63, 3.8) is 0 Å². The fourth-order valence-corrected chi connectivity index (χ4v) is 4.04. The number of piperazine rings is 1. The first-order chi connectivity index (χ1) is 15.8. The zero-order valence-corrected chi connectivity index (χ0v) is 19.2. The lowest BCUT2D eigenvalue weighted by Crippen LogP contribution is -2.47. The first-order valence-electron chi connectivity index (χ1n) is 11.1. The van der Waals surface area contributed by atoms with E-state index in [9.17, 15) is 13.6 Å². The average Bonchev–Trinajstić information content (AvgIpc) is 3.10. The molecule has 3 aromatic rings. The van der Waals surface area contributed by atoms with E-state index in [1.165, 1.54) is 18.2 Å². The number of rotatable bonds is 7. The van der Waals surface area contributed by atoms with Crippen LogP contribution in [0.1, 0.15) is 27.3 Å². The lowest BCUT2D eigenvalue weighted by molar-refractivity contribution is 0.0934. The maximum atomic E-state index is 14.0. The summed E-state index contributed by atoms with van der Waals surface area (Å²) in [5, 5.41) is 2.99. The Morgan fingerprint density at radius 1 is 1.15 bits per heavy atom. The van der Waals surface area contributed by atoms with E-state index in [2.05, 4.69) is 27.1 Å². The summed E-state index contributed by atoms with van der Waals surface area (Å²) in [6.45, 7) is 8.70. The molecule has 0 unspecified atom stereocenters. The van der Waals surface area contributed by atoms with Gasteiger partial charge in [0.2, 0.25) is 0 Å². The molecule has 1 fully saturated rings. The highest BCUT2D eigenvalue weighted by molar-refractivity contribution is 5.95. The van der Waals surface area contributed by atoms with Gasteiger partial charge in [-0.25, -0.2) is 13.8 Å². The smallest absolute Gasteiger partial charge is 0.270 e. The molecule has 0 bridgehead atoms. The highest BCUT2D eigenvalue weighted by Crippen LogP contribution is 2.26. The first kappa shape index (κ1) is 23.1. The Balaban J connectivity index is 1.49. The van der Waals surface area contributed by atoms with Crippen LogP contribution < -0.4 is 10.1 Å². The Hall–Kier alpha value is -3.04. The minimum Gasteiger partial charge on any atom is -0.485 e. The van der Waals surface area contributed by atoms with Crippen molar-refractivity contribution in [2.45, 2.75) is 20.5 Å². The van der Waals surface area contributed by atoms with Gasteiger partial charge in [0.1, 0.15) is 23.9 Å².